The summed E-state index contributed by atoms with van der Waals surface area (Å²) in [5.74, 6) is 2.72. The van der Waals surface area contributed by atoms with E-state index in [4.69, 9.17) is 0 Å². The van der Waals surface area contributed by atoms with Gasteiger partial charge in [0.1, 0.15) is 5.54 Å². The van der Waals surface area contributed by atoms with Gasteiger partial charge in [0, 0.05) is 11.8 Å². The topological polar surface area (TPSA) is 35.8 Å². The lowest BCUT2D eigenvalue weighted by Crippen LogP contribution is -2.50. The molecule has 0 aromatic heterocycles. The first-order chi connectivity index (χ1) is 10.2. The minimum Gasteiger partial charge on any atom is -0.297 e. The van der Waals surface area contributed by atoms with E-state index in [0.717, 1.165) is 24.3 Å². The Morgan fingerprint density at radius 2 is 2.14 bits per heavy atom. The second-order valence-corrected chi connectivity index (χ2v) is 7.40. The molecule has 0 saturated heterocycles. The molecule has 2 atom stereocenters. The van der Waals surface area contributed by atoms with Crippen molar-refractivity contribution in [1.82, 2.24) is 5.32 Å². The number of benzene rings is 1. The molecule has 1 aliphatic rings. The molecule has 2 unspecified atom stereocenters. The molecule has 0 amide bonds. The summed E-state index contributed by atoms with van der Waals surface area (Å²) in [5, 5.41) is 13.2. The molecule has 1 saturated carbocycles. The molecule has 1 fully saturated rings. The van der Waals surface area contributed by atoms with Crippen LogP contribution in [0.4, 0.5) is 0 Å². The van der Waals surface area contributed by atoms with Crippen molar-refractivity contribution in [2.45, 2.75) is 56.9 Å². The molecule has 2 nitrogen and oxygen atoms in total. The fourth-order valence-corrected chi connectivity index (χ4v) is 4.37. The number of nitriles is 1. The summed E-state index contributed by atoms with van der Waals surface area (Å²) in [6.07, 6.45) is 4.53. The normalized spacial score (nSPS) is 25.1. The molecule has 0 radical (unpaired) electrons. The number of nitrogens with zero attached hydrogens (tertiary/aromatic N) is 1. The van der Waals surface area contributed by atoms with Crippen molar-refractivity contribution in [3.8, 4) is 6.07 Å². The summed E-state index contributed by atoms with van der Waals surface area (Å²) < 4.78 is 0. The van der Waals surface area contributed by atoms with Crippen LogP contribution in [-0.4, -0.2) is 17.3 Å². The highest BCUT2D eigenvalue weighted by atomic mass is 32.2. The number of hydrogen-bond acceptors (Lipinski definition) is 3. The fraction of sp³-hybridized carbons (Fsp3) is 0.611. The maximum atomic E-state index is 9.65. The van der Waals surface area contributed by atoms with E-state index in [1.165, 1.54) is 18.4 Å². The lowest BCUT2D eigenvalue weighted by atomic mass is 9.86. The summed E-state index contributed by atoms with van der Waals surface area (Å²) in [6, 6.07) is 13.6. The second kappa shape index (κ2) is 7.87. The Hall–Kier alpha value is -0.980. The lowest BCUT2D eigenvalue weighted by Gasteiger charge is -2.32. The molecule has 0 heterocycles. The van der Waals surface area contributed by atoms with Crippen molar-refractivity contribution in [3.63, 3.8) is 0 Å². The van der Waals surface area contributed by atoms with Crippen molar-refractivity contribution in [3.05, 3.63) is 35.9 Å². The van der Waals surface area contributed by atoms with Crippen LogP contribution < -0.4 is 5.32 Å². The zero-order valence-corrected chi connectivity index (χ0v) is 14.0. The van der Waals surface area contributed by atoms with Gasteiger partial charge in [0.2, 0.25) is 0 Å². The minimum absolute atomic E-state index is 0.276. The van der Waals surface area contributed by atoms with Gasteiger partial charge < -0.3 is 0 Å². The number of rotatable bonds is 7. The third kappa shape index (κ3) is 4.49. The van der Waals surface area contributed by atoms with E-state index in [2.05, 4.69) is 55.6 Å². The largest absolute Gasteiger partial charge is 0.297 e. The predicted octanol–water partition coefficient (Wildman–Crippen LogP) is 4.37. The molecule has 1 N–H and O–H groups in total. The average Bonchev–Trinajstić information content (AvgIpc) is 2.87. The first kappa shape index (κ1) is 16.4. The van der Waals surface area contributed by atoms with Crippen LogP contribution in [0.1, 0.15) is 45.1 Å². The van der Waals surface area contributed by atoms with Crippen LogP contribution in [0.3, 0.4) is 0 Å². The smallest absolute Gasteiger partial charge is 0.109 e. The van der Waals surface area contributed by atoms with Gasteiger partial charge in [-0.1, -0.05) is 36.8 Å². The summed E-state index contributed by atoms with van der Waals surface area (Å²) in [4.78, 5) is 0. The Kier molecular flexibility index (Phi) is 6.14. The van der Waals surface area contributed by atoms with Gasteiger partial charge >= 0.3 is 0 Å². The lowest BCUT2D eigenvalue weighted by molar-refractivity contribution is 0.289. The van der Waals surface area contributed by atoms with Crippen LogP contribution in [0.2, 0.25) is 0 Å². The number of hydrogen-bond donors (Lipinski definition) is 1. The maximum Gasteiger partial charge on any atom is 0.109 e. The van der Waals surface area contributed by atoms with Crippen LogP contribution in [0.5, 0.6) is 0 Å². The summed E-state index contributed by atoms with van der Waals surface area (Å²) in [5.41, 5.74) is 1.11. The molecular weight excluding hydrogens is 276 g/mol. The SMILES string of the molecule is CC(C)NC1(C#N)CCCC1CCSCc1ccccc1. The molecule has 0 aliphatic heterocycles. The summed E-state index contributed by atoms with van der Waals surface area (Å²) in [7, 11) is 0. The van der Waals surface area contributed by atoms with Crippen LogP contribution in [0.15, 0.2) is 30.3 Å². The van der Waals surface area contributed by atoms with E-state index >= 15 is 0 Å². The minimum atomic E-state index is -0.276. The third-order valence-corrected chi connectivity index (χ3v) is 5.35. The molecule has 114 valence electrons. The first-order valence-electron chi connectivity index (χ1n) is 7.97. The number of thioether (sulfide) groups is 1. The van der Waals surface area contributed by atoms with Gasteiger partial charge in [-0.05, 0) is 50.3 Å². The van der Waals surface area contributed by atoms with Crippen molar-refractivity contribution >= 4 is 11.8 Å². The van der Waals surface area contributed by atoms with Crippen LogP contribution in [0.25, 0.3) is 0 Å². The second-order valence-electron chi connectivity index (χ2n) is 6.30. The van der Waals surface area contributed by atoms with Gasteiger partial charge in [0.05, 0.1) is 6.07 Å². The van der Waals surface area contributed by atoms with Crippen molar-refractivity contribution in [2.75, 3.05) is 5.75 Å². The van der Waals surface area contributed by atoms with E-state index in [0.29, 0.717) is 12.0 Å². The molecule has 0 spiro atoms. The summed E-state index contributed by atoms with van der Waals surface area (Å²) >= 11 is 1.99. The molecule has 1 aliphatic carbocycles. The molecule has 2 rings (SSSR count). The molecule has 21 heavy (non-hydrogen) atoms. The van der Waals surface area contributed by atoms with Gasteiger partial charge in [0.25, 0.3) is 0 Å². The fourth-order valence-electron chi connectivity index (χ4n) is 3.34. The van der Waals surface area contributed by atoms with Gasteiger partial charge in [0.15, 0.2) is 0 Å². The van der Waals surface area contributed by atoms with Crippen molar-refractivity contribution in [2.24, 2.45) is 5.92 Å². The van der Waals surface area contributed by atoms with E-state index in [1.807, 2.05) is 11.8 Å². The third-order valence-electron chi connectivity index (χ3n) is 4.29. The van der Waals surface area contributed by atoms with E-state index in [1.54, 1.807) is 0 Å². The Labute approximate surface area is 133 Å². The van der Waals surface area contributed by atoms with Crippen LogP contribution in [-0.2, 0) is 5.75 Å². The van der Waals surface area contributed by atoms with Crippen molar-refractivity contribution in [1.29, 1.82) is 5.26 Å². The predicted molar refractivity (Wildman–Crippen MR) is 91.2 cm³/mol. The Morgan fingerprint density at radius 3 is 2.81 bits per heavy atom. The molecule has 1 aromatic carbocycles. The Bertz CT molecular complexity index is 466. The monoisotopic (exact) mass is 302 g/mol. The Balaban J connectivity index is 1.80. The first-order valence-corrected chi connectivity index (χ1v) is 9.12. The average molecular weight is 302 g/mol. The Morgan fingerprint density at radius 1 is 1.38 bits per heavy atom. The molecule has 1 aromatic rings. The van der Waals surface area contributed by atoms with E-state index in [-0.39, 0.29) is 5.54 Å². The zero-order chi connectivity index (χ0) is 15.1. The highest BCUT2D eigenvalue weighted by molar-refractivity contribution is 7.98. The molecular formula is C18H26N2S. The highest BCUT2D eigenvalue weighted by Crippen LogP contribution is 2.38. The zero-order valence-electron chi connectivity index (χ0n) is 13.1. The van der Waals surface area contributed by atoms with Gasteiger partial charge in [-0.2, -0.15) is 17.0 Å². The maximum absolute atomic E-state index is 9.65. The van der Waals surface area contributed by atoms with Gasteiger partial charge in [-0.25, -0.2) is 0 Å². The standard InChI is InChI=1S/C18H26N2S/c1-15(2)20-18(14-19)11-6-9-17(18)10-12-21-13-16-7-4-3-5-8-16/h3-5,7-8,15,17,20H,6,9-13H2,1-2H3. The van der Waals surface area contributed by atoms with E-state index in [9.17, 15) is 5.26 Å². The van der Waals surface area contributed by atoms with Crippen LogP contribution >= 0.6 is 11.8 Å². The molecule has 3 heteroatoms. The van der Waals surface area contributed by atoms with Crippen molar-refractivity contribution < 1.29 is 0 Å². The highest BCUT2D eigenvalue weighted by Gasteiger charge is 2.42. The van der Waals surface area contributed by atoms with E-state index < -0.39 is 0 Å². The quantitative estimate of drug-likeness (QED) is 0.760. The van der Waals surface area contributed by atoms with Gasteiger partial charge in [-0.3, -0.25) is 5.32 Å². The van der Waals surface area contributed by atoms with Crippen LogP contribution in [0, 0.1) is 17.2 Å². The number of nitrogens with one attached hydrogen (secondary N) is 1. The summed E-state index contributed by atoms with van der Waals surface area (Å²) in [6.45, 7) is 4.28. The molecule has 0 bridgehead atoms. The van der Waals surface area contributed by atoms with Gasteiger partial charge in [-0.15, -0.1) is 0 Å².